The van der Waals surface area contributed by atoms with Crippen LogP contribution < -0.4 is 10.3 Å². The molecule has 7 nitrogen and oxygen atoms in total. The van der Waals surface area contributed by atoms with Crippen LogP contribution in [0.3, 0.4) is 0 Å². The van der Waals surface area contributed by atoms with Gasteiger partial charge in [-0.2, -0.15) is 0 Å². The summed E-state index contributed by atoms with van der Waals surface area (Å²) in [5.41, 5.74) is 2.86. The Kier molecular flexibility index (Phi) is 5.09. The number of aryl methyl sites for hydroxylation is 3. The van der Waals surface area contributed by atoms with Crippen molar-refractivity contribution in [3.63, 3.8) is 0 Å². The molecule has 0 radical (unpaired) electrons. The van der Waals surface area contributed by atoms with Gasteiger partial charge < -0.3 is 9.15 Å². The molecule has 1 aliphatic rings. The van der Waals surface area contributed by atoms with Crippen LogP contribution in [-0.2, 0) is 4.74 Å². The van der Waals surface area contributed by atoms with Gasteiger partial charge in [0, 0.05) is 0 Å². The Morgan fingerprint density at radius 1 is 1.12 bits per heavy atom. The third-order valence-electron chi connectivity index (χ3n) is 6.03. The van der Waals surface area contributed by atoms with Gasteiger partial charge in [0.15, 0.2) is 10.6 Å². The van der Waals surface area contributed by atoms with Crippen molar-refractivity contribution >= 4 is 39.3 Å². The number of ether oxygens (including phenoxy) is 1. The fourth-order valence-electron chi connectivity index (χ4n) is 4.15. The number of benzene rings is 2. The molecule has 0 saturated heterocycles. The Labute approximate surface area is 197 Å². The van der Waals surface area contributed by atoms with Crippen LogP contribution >= 0.6 is 11.3 Å². The fraction of sp³-hybridized carbons (Fsp3) is 0.200. The van der Waals surface area contributed by atoms with Crippen molar-refractivity contribution in [1.82, 2.24) is 4.98 Å². The summed E-state index contributed by atoms with van der Waals surface area (Å²) >= 11 is 0.982. The van der Waals surface area contributed by atoms with Crippen molar-refractivity contribution in [3.8, 4) is 0 Å². The molecule has 3 heterocycles. The molecule has 1 amide bonds. The van der Waals surface area contributed by atoms with E-state index in [1.807, 2.05) is 13.8 Å². The van der Waals surface area contributed by atoms with Crippen LogP contribution in [0.25, 0.3) is 11.0 Å². The predicted molar refractivity (Wildman–Crippen MR) is 125 cm³/mol. The highest BCUT2D eigenvalue weighted by Gasteiger charge is 2.45. The van der Waals surface area contributed by atoms with Gasteiger partial charge in [0.05, 0.1) is 29.8 Å². The van der Waals surface area contributed by atoms with Crippen molar-refractivity contribution in [3.05, 3.63) is 91.0 Å². The van der Waals surface area contributed by atoms with Crippen LogP contribution in [0.5, 0.6) is 0 Å². The van der Waals surface area contributed by atoms with Crippen LogP contribution in [-0.4, -0.2) is 24.0 Å². The van der Waals surface area contributed by atoms with Crippen LogP contribution in [0.4, 0.5) is 9.52 Å². The number of hydrogen-bond donors (Lipinski definition) is 0. The summed E-state index contributed by atoms with van der Waals surface area (Å²) < 4.78 is 24.5. The number of fused-ring (bicyclic) bond motifs is 2. The Bertz CT molecular complexity index is 1550. The monoisotopic (exact) mass is 478 g/mol. The maximum atomic E-state index is 13.7. The van der Waals surface area contributed by atoms with Crippen molar-refractivity contribution in [1.29, 1.82) is 0 Å². The molecule has 1 unspecified atom stereocenters. The third-order valence-corrected chi connectivity index (χ3v) is 7.17. The lowest BCUT2D eigenvalue weighted by atomic mass is 9.97. The molecule has 172 valence electrons. The number of rotatable bonds is 3. The zero-order valence-corrected chi connectivity index (χ0v) is 19.6. The van der Waals surface area contributed by atoms with Gasteiger partial charge in [0.1, 0.15) is 16.3 Å². The largest absolute Gasteiger partial charge is 0.465 e. The van der Waals surface area contributed by atoms with Gasteiger partial charge in [-0.05, 0) is 61.7 Å². The third kappa shape index (κ3) is 3.23. The van der Waals surface area contributed by atoms with E-state index in [4.69, 9.17) is 9.15 Å². The molecule has 34 heavy (non-hydrogen) atoms. The second kappa shape index (κ2) is 7.88. The molecular formula is C25H19FN2O5S. The molecule has 0 spiro atoms. The SMILES string of the molecule is COC(=O)c1sc(N2C(=O)c3oc4cc(C)c(C)cc4c(=O)c3C2c2ccc(F)cc2)nc1C. The zero-order valence-electron chi connectivity index (χ0n) is 18.8. The van der Waals surface area contributed by atoms with Crippen molar-refractivity contribution < 1.29 is 23.1 Å². The molecule has 2 aromatic heterocycles. The summed E-state index contributed by atoms with van der Waals surface area (Å²) in [6.07, 6.45) is 0. The Morgan fingerprint density at radius 3 is 2.47 bits per heavy atom. The molecule has 1 aliphatic heterocycles. The molecule has 4 aromatic rings. The highest BCUT2D eigenvalue weighted by molar-refractivity contribution is 7.17. The predicted octanol–water partition coefficient (Wildman–Crippen LogP) is 4.85. The smallest absolute Gasteiger partial charge is 0.350 e. The number of hydrogen-bond acceptors (Lipinski definition) is 7. The topological polar surface area (TPSA) is 89.7 Å². The number of esters is 1. The molecule has 0 bridgehead atoms. The van der Waals surface area contributed by atoms with Gasteiger partial charge in [0.25, 0.3) is 5.91 Å². The van der Waals surface area contributed by atoms with E-state index in [-0.39, 0.29) is 26.8 Å². The first-order valence-corrected chi connectivity index (χ1v) is 11.3. The molecular weight excluding hydrogens is 459 g/mol. The maximum absolute atomic E-state index is 13.7. The van der Waals surface area contributed by atoms with Crippen LogP contribution in [0.2, 0.25) is 0 Å². The number of carbonyl (C=O) groups excluding carboxylic acids is 2. The molecule has 0 N–H and O–H groups in total. The second-order valence-corrected chi connectivity index (χ2v) is 9.12. The molecule has 0 saturated carbocycles. The molecule has 1 atom stereocenters. The van der Waals surface area contributed by atoms with Gasteiger partial charge in [-0.3, -0.25) is 14.5 Å². The quantitative estimate of drug-likeness (QED) is 0.391. The van der Waals surface area contributed by atoms with E-state index >= 15 is 0 Å². The van der Waals surface area contributed by atoms with E-state index in [2.05, 4.69) is 4.98 Å². The Morgan fingerprint density at radius 2 is 1.79 bits per heavy atom. The second-order valence-electron chi connectivity index (χ2n) is 8.14. The van der Waals surface area contributed by atoms with Crippen LogP contribution in [0.1, 0.15) is 54.2 Å². The number of amides is 1. The number of aromatic nitrogens is 1. The van der Waals surface area contributed by atoms with Crippen molar-refractivity contribution in [2.45, 2.75) is 26.8 Å². The molecule has 0 aliphatic carbocycles. The van der Waals surface area contributed by atoms with E-state index in [1.165, 1.54) is 36.3 Å². The number of thiazole rings is 1. The first-order chi connectivity index (χ1) is 16.2. The first-order valence-electron chi connectivity index (χ1n) is 10.4. The summed E-state index contributed by atoms with van der Waals surface area (Å²) in [7, 11) is 1.26. The lowest BCUT2D eigenvalue weighted by Gasteiger charge is -2.22. The van der Waals surface area contributed by atoms with Crippen LogP contribution in [0, 0.1) is 26.6 Å². The minimum atomic E-state index is -0.901. The molecule has 9 heteroatoms. The van der Waals surface area contributed by atoms with E-state index < -0.39 is 23.7 Å². The minimum absolute atomic E-state index is 0.0949. The zero-order chi connectivity index (χ0) is 24.3. The molecule has 2 aromatic carbocycles. The average Bonchev–Trinajstić information content (AvgIpc) is 3.33. The number of methoxy groups -OCH3 is 1. The number of nitrogens with zero attached hydrogens (tertiary/aromatic N) is 2. The fourth-order valence-corrected chi connectivity index (χ4v) is 5.16. The van der Waals surface area contributed by atoms with Crippen molar-refractivity contribution in [2.24, 2.45) is 0 Å². The molecule has 0 fully saturated rings. The highest BCUT2D eigenvalue weighted by Crippen LogP contribution is 2.43. The van der Waals surface area contributed by atoms with Crippen LogP contribution in [0.15, 0.2) is 45.6 Å². The summed E-state index contributed by atoms with van der Waals surface area (Å²) in [5.74, 6) is -1.68. The summed E-state index contributed by atoms with van der Waals surface area (Å²) in [6.45, 7) is 5.42. The lowest BCUT2D eigenvalue weighted by Crippen LogP contribution is -2.29. The van der Waals surface area contributed by atoms with Gasteiger partial charge in [-0.25, -0.2) is 14.2 Å². The Balaban J connectivity index is 1.79. The minimum Gasteiger partial charge on any atom is -0.465 e. The lowest BCUT2D eigenvalue weighted by molar-refractivity contribution is 0.0605. The normalized spacial score (nSPS) is 15.1. The maximum Gasteiger partial charge on any atom is 0.350 e. The average molecular weight is 479 g/mol. The van der Waals surface area contributed by atoms with Gasteiger partial charge in [-0.15, -0.1) is 0 Å². The number of halogens is 1. The van der Waals surface area contributed by atoms with Gasteiger partial charge in [-0.1, -0.05) is 23.5 Å². The Hall–Kier alpha value is -3.85. The molecule has 5 rings (SSSR count). The summed E-state index contributed by atoms with van der Waals surface area (Å²) in [6, 6.07) is 8.13. The number of anilines is 1. The first kappa shape index (κ1) is 22.0. The van der Waals surface area contributed by atoms with E-state index in [0.29, 0.717) is 22.2 Å². The van der Waals surface area contributed by atoms with Gasteiger partial charge in [0.2, 0.25) is 5.76 Å². The van der Waals surface area contributed by atoms with Gasteiger partial charge >= 0.3 is 5.97 Å². The standard InChI is InChI=1S/C25H19FN2O5S/c1-11-9-16-17(10-12(11)2)33-21-18(20(16)29)19(14-5-7-15(26)8-6-14)28(23(21)30)25-27-13(3)22(34-25)24(31)32-4/h5-10,19H,1-4H3. The summed E-state index contributed by atoms with van der Waals surface area (Å²) in [4.78, 5) is 45.5. The van der Waals surface area contributed by atoms with Crippen molar-refractivity contribution in [2.75, 3.05) is 12.0 Å². The summed E-state index contributed by atoms with van der Waals surface area (Å²) in [5, 5.41) is 0.564. The van der Waals surface area contributed by atoms with E-state index in [1.54, 1.807) is 19.1 Å². The number of carbonyl (C=O) groups is 2. The van der Waals surface area contributed by atoms with E-state index in [0.717, 1.165) is 22.5 Å². The highest BCUT2D eigenvalue weighted by atomic mass is 32.1. The van der Waals surface area contributed by atoms with E-state index in [9.17, 15) is 18.8 Å².